The minimum atomic E-state index is -0.318. The van der Waals surface area contributed by atoms with Crippen molar-refractivity contribution in [1.82, 2.24) is 5.32 Å². The van der Waals surface area contributed by atoms with E-state index in [0.29, 0.717) is 12.5 Å². The summed E-state index contributed by atoms with van der Waals surface area (Å²) in [7, 11) is 2.03. The molecule has 1 unspecified atom stereocenters. The molecular weight excluding hydrogens is 342 g/mol. The van der Waals surface area contributed by atoms with E-state index in [9.17, 15) is 4.79 Å². The maximum Gasteiger partial charge on any atom is 0.293 e. The van der Waals surface area contributed by atoms with E-state index >= 15 is 0 Å². The Morgan fingerprint density at radius 3 is 2.00 bits per heavy atom. The maximum atomic E-state index is 9.60. The zero-order valence-corrected chi connectivity index (χ0v) is 17.3. The molecule has 0 aromatic heterocycles. The van der Waals surface area contributed by atoms with E-state index in [1.54, 1.807) is 6.08 Å². The van der Waals surface area contributed by atoms with Crippen LogP contribution >= 0.6 is 15.9 Å². The first-order valence-electron chi connectivity index (χ1n) is 8.10. The zero-order valence-electron chi connectivity index (χ0n) is 15.7. The standard InChI is InChI=1S/C10H22BrN.C5H10O2.C3H6/c1-9(7-8-11)5-4-6-10(2)12-3;1-5(2,3)7-4-6;1-3-2/h9-10,12H,4-8H2,1-3H3;4H,1-3H3;3H,1H2,2H3/t9?,10-;;/m1../s1. The highest BCUT2D eigenvalue weighted by Gasteiger charge is 2.07. The fourth-order valence-corrected chi connectivity index (χ4v) is 2.17. The molecule has 2 atom stereocenters. The molecule has 0 spiro atoms. The average molecular weight is 380 g/mol. The number of halogens is 1. The van der Waals surface area contributed by atoms with Crippen LogP contribution in [0.25, 0.3) is 0 Å². The second-order valence-corrected chi connectivity index (χ2v) is 7.23. The van der Waals surface area contributed by atoms with Crippen LogP contribution in [0.4, 0.5) is 0 Å². The van der Waals surface area contributed by atoms with Gasteiger partial charge in [0.25, 0.3) is 6.47 Å². The largest absolute Gasteiger partial charge is 0.462 e. The molecule has 0 rings (SSSR count). The molecular formula is C18H38BrNO2. The van der Waals surface area contributed by atoms with Crippen molar-refractivity contribution in [3.8, 4) is 0 Å². The van der Waals surface area contributed by atoms with E-state index in [4.69, 9.17) is 0 Å². The Morgan fingerprint density at radius 2 is 1.73 bits per heavy atom. The first kappa shape index (κ1) is 26.5. The van der Waals surface area contributed by atoms with Crippen LogP contribution in [-0.4, -0.2) is 30.5 Å². The van der Waals surface area contributed by atoms with Gasteiger partial charge in [-0.3, -0.25) is 4.79 Å². The van der Waals surface area contributed by atoms with Gasteiger partial charge < -0.3 is 10.1 Å². The fraction of sp³-hybridized carbons (Fsp3) is 0.833. The Labute approximate surface area is 147 Å². The number of allylic oxidation sites excluding steroid dienone is 1. The lowest BCUT2D eigenvalue weighted by molar-refractivity contribution is -0.138. The van der Waals surface area contributed by atoms with Crippen LogP contribution in [0.3, 0.4) is 0 Å². The summed E-state index contributed by atoms with van der Waals surface area (Å²) in [4.78, 5) is 9.60. The van der Waals surface area contributed by atoms with E-state index in [0.717, 1.165) is 11.2 Å². The highest BCUT2D eigenvalue weighted by atomic mass is 79.9. The second-order valence-electron chi connectivity index (χ2n) is 6.44. The van der Waals surface area contributed by atoms with Gasteiger partial charge in [0.1, 0.15) is 5.60 Å². The van der Waals surface area contributed by atoms with Gasteiger partial charge >= 0.3 is 0 Å². The number of hydrogen-bond donors (Lipinski definition) is 1. The summed E-state index contributed by atoms with van der Waals surface area (Å²) < 4.78 is 4.55. The van der Waals surface area contributed by atoms with Gasteiger partial charge in [-0.1, -0.05) is 41.8 Å². The summed E-state index contributed by atoms with van der Waals surface area (Å²) in [6.45, 7) is 15.8. The predicted octanol–water partition coefficient (Wildman–Crippen LogP) is 5.34. The molecule has 0 aliphatic carbocycles. The summed E-state index contributed by atoms with van der Waals surface area (Å²) in [5, 5.41) is 4.41. The van der Waals surface area contributed by atoms with Crippen molar-refractivity contribution in [2.24, 2.45) is 5.92 Å². The second kappa shape index (κ2) is 18.7. The molecule has 0 heterocycles. The number of alkyl halides is 1. The predicted molar refractivity (Wildman–Crippen MR) is 103 cm³/mol. The third-order valence-corrected chi connectivity index (χ3v) is 3.29. The van der Waals surface area contributed by atoms with Gasteiger partial charge in [-0.05, 0) is 60.4 Å². The van der Waals surface area contributed by atoms with Crippen LogP contribution < -0.4 is 5.32 Å². The molecule has 1 N–H and O–H groups in total. The monoisotopic (exact) mass is 379 g/mol. The lowest BCUT2D eigenvalue weighted by Crippen LogP contribution is -2.20. The van der Waals surface area contributed by atoms with Crippen molar-refractivity contribution in [2.75, 3.05) is 12.4 Å². The molecule has 0 radical (unpaired) electrons. The van der Waals surface area contributed by atoms with Crippen LogP contribution in [0.2, 0.25) is 0 Å². The van der Waals surface area contributed by atoms with Crippen LogP contribution in [0.5, 0.6) is 0 Å². The molecule has 22 heavy (non-hydrogen) atoms. The van der Waals surface area contributed by atoms with Crippen LogP contribution in [0.1, 0.15) is 67.2 Å². The Kier molecular flexibility index (Phi) is 22.6. The summed E-state index contributed by atoms with van der Waals surface area (Å²) in [5.74, 6) is 0.883. The molecule has 134 valence electrons. The first-order valence-corrected chi connectivity index (χ1v) is 9.22. The average Bonchev–Trinajstić information content (AvgIpc) is 2.39. The molecule has 0 aromatic carbocycles. The Bertz CT molecular complexity index is 240. The Morgan fingerprint density at radius 1 is 1.23 bits per heavy atom. The molecule has 0 amide bonds. The quantitative estimate of drug-likeness (QED) is 0.351. The fourth-order valence-electron chi connectivity index (χ4n) is 1.39. The number of nitrogens with one attached hydrogen (secondary N) is 1. The number of ether oxygens (including phenoxy) is 1. The number of rotatable bonds is 8. The minimum absolute atomic E-state index is 0.318. The normalized spacial score (nSPS) is 12.7. The van der Waals surface area contributed by atoms with Gasteiger partial charge in [0.15, 0.2) is 0 Å². The Balaban J connectivity index is -0.000000305. The summed E-state index contributed by atoms with van der Waals surface area (Å²) in [5.41, 5.74) is -0.318. The summed E-state index contributed by atoms with van der Waals surface area (Å²) in [6.07, 6.45) is 7.10. The van der Waals surface area contributed by atoms with E-state index in [1.807, 2.05) is 34.7 Å². The van der Waals surface area contributed by atoms with Crippen LogP contribution in [-0.2, 0) is 9.53 Å². The lowest BCUT2D eigenvalue weighted by atomic mass is 10.00. The van der Waals surface area contributed by atoms with Crippen molar-refractivity contribution in [1.29, 1.82) is 0 Å². The summed E-state index contributed by atoms with van der Waals surface area (Å²) in [6, 6.07) is 0.682. The molecule has 0 saturated carbocycles. The van der Waals surface area contributed by atoms with Gasteiger partial charge in [-0.2, -0.15) is 0 Å². The smallest absolute Gasteiger partial charge is 0.293 e. The minimum Gasteiger partial charge on any atom is -0.462 e. The van der Waals surface area contributed by atoms with Gasteiger partial charge in [0.2, 0.25) is 0 Å². The SMILES string of the molecule is C=CC.CC(C)(C)OC=O.CN[C@H](C)CCCC(C)CCBr. The van der Waals surface area contributed by atoms with Crippen LogP contribution in [0.15, 0.2) is 12.7 Å². The van der Waals surface area contributed by atoms with Gasteiger partial charge in [-0.15, -0.1) is 6.58 Å². The molecule has 0 aliphatic rings. The maximum absolute atomic E-state index is 9.60. The lowest BCUT2D eigenvalue weighted by Gasteiger charge is -2.14. The van der Waals surface area contributed by atoms with Gasteiger partial charge in [0.05, 0.1) is 0 Å². The Hall–Kier alpha value is -0.350. The van der Waals surface area contributed by atoms with Crippen molar-refractivity contribution < 1.29 is 9.53 Å². The first-order chi connectivity index (χ1) is 10.2. The summed E-state index contributed by atoms with van der Waals surface area (Å²) >= 11 is 3.47. The highest BCUT2D eigenvalue weighted by Crippen LogP contribution is 2.13. The number of carbonyl (C=O) groups is 1. The molecule has 3 nitrogen and oxygen atoms in total. The van der Waals surface area contributed by atoms with Crippen molar-refractivity contribution in [3.05, 3.63) is 12.7 Å². The van der Waals surface area contributed by atoms with Crippen molar-refractivity contribution in [2.45, 2.75) is 78.9 Å². The number of carbonyl (C=O) groups excluding carboxylic acids is 1. The van der Waals surface area contributed by atoms with E-state index < -0.39 is 0 Å². The van der Waals surface area contributed by atoms with Crippen LogP contribution in [0, 0.1) is 5.92 Å². The molecule has 0 aromatic rings. The highest BCUT2D eigenvalue weighted by molar-refractivity contribution is 9.09. The molecule has 0 saturated heterocycles. The van der Waals surface area contributed by atoms with Gasteiger partial charge in [-0.25, -0.2) is 0 Å². The topological polar surface area (TPSA) is 38.3 Å². The van der Waals surface area contributed by atoms with E-state index in [2.05, 4.69) is 46.4 Å². The third kappa shape index (κ3) is 31.8. The van der Waals surface area contributed by atoms with E-state index in [-0.39, 0.29) is 5.60 Å². The molecule has 0 aliphatic heterocycles. The van der Waals surface area contributed by atoms with Crippen molar-refractivity contribution >= 4 is 22.4 Å². The van der Waals surface area contributed by atoms with Gasteiger partial charge in [0, 0.05) is 11.4 Å². The van der Waals surface area contributed by atoms with Crippen molar-refractivity contribution in [3.63, 3.8) is 0 Å². The van der Waals surface area contributed by atoms with E-state index in [1.165, 1.54) is 25.7 Å². The number of hydrogen-bond acceptors (Lipinski definition) is 3. The molecule has 0 fully saturated rings. The zero-order chi connectivity index (χ0) is 18.0. The molecule has 4 heteroatoms. The molecule has 0 bridgehead atoms. The third-order valence-electron chi connectivity index (χ3n) is 2.83.